The van der Waals surface area contributed by atoms with E-state index in [1.807, 2.05) is 19.2 Å². The molecule has 0 saturated heterocycles. The molecule has 4 atom stereocenters. The van der Waals surface area contributed by atoms with Crippen molar-refractivity contribution in [3.8, 4) is 0 Å². The van der Waals surface area contributed by atoms with Crippen LogP contribution in [0.5, 0.6) is 0 Å². The molecule has 0 saturated carbocycles. The van der Waals surface area contributed by atoms with Crippen LogP contribution in [-0.4, -0.2) is 4.95 Å². The Labute approximate surface area is 139 Å². The van der Waals surface area contributed by atoms with Gasteiger partial charge in [0, 0.05) is 11.8 Å². The van der Waals surface area contributed by atoms with Crippen molar-refractivity contribution in [1.82, 2.24) is 5.32 Å². The van der Waals surface area contributed by atoms with Crippen LogP contribution in [0.2, 0.25) is 0 Å². The van der Waals surface area contributed by atoms with Crippen molar-refractivity contribution in [2.24, 2.45) is 17.8 Å². The average Bonchev–Trinajstić information content (AvgIpc) is 2.51. The lowest BCUT2D eigenvalue weighted by Gasteiger charge is -2.41. The van der Waals surface area contributed by atoms with Gasteiger partial charge < -0.3 is 5.32 Å². The molecule has 0 spiro atoms. The van der Waals surface area contributed by atoms with Crippen molar-refractivity contribution in [2.45, 2.75) is 25.2 Å². The van der Waals surface area contributed by atoms with Gasteiger partial charge >= 0.3 is 0 Å². The Hall–Kier alpha value is -1.35. The summed E-state index contributed by atoms with van der Waals surface area (Å²) in [6, 6.07) is 4.00. The highest BCUT2D eigenvalue weighted by atomic mass is 79.9. The number of rotatable bonds is 0. The van der Waals surface area contributed by atoms with E-state index in [0.29, 0.717) is 17.8 Å². The molecule has 1 nitrogen and oxygen atoms in total. The number of benzene rings is 1. The summed E-state index contributed by atoms with van der Waals surface area (Å²) in [5.41, 5.74) is 5.42. The Kier molecular flexibility index (Phi) is 3.30. The van der Waals surface area contributed by atoms with Crippen molar-refractivity contribution < 1.29 is 4.39 Å². The summed E-state index contributed by atoms with van der Waals surface area (Å²) in [4.78, 5) is 0.260. The van der Waals surface area contributed by atoms with Crippen molar-refractivity contribution in [1.29, 1.82) is 0 Å². The van der Waals surface area contributed by atoms with Gasteiger partial charge in [-0.3, -0.25) is 0 Å². The molecule has 0 fully saturated rings. The Morgan fingerprint density at radius 2 is 2.09 bits per heavy atom. The number of alkyl halides is 1. The molecule has 1 aliphatic heterocycles. The Morgan fingerprint density at radius 1 is 1.27 bits per heavy atom. The van der Waals surface area contributed by atoms with E-state index in [2.05, 4.69) is 52.5 Å². The van der Waals surface area contributed by atoms with E-state index < -0.39 is 0 Å². The fourth-order valence-corrected chi connectivity index (χ4v) is 4.79. The third-order valence-electron chi connectivity index (χ3n) is 5.23. The lowest BCUT2D eigenvalue weighted by molar-refractivity contribution is 0.423. The normalized spacial score (nSPS) is 32.2. The first-order chi connectivity index (χ1) is 10.6. The maximum absolute atomic E-state index is 14.5. The molecule has 0 amide bonds. The predicted molar refractivity (Wildman–Crippen MR) is 92.0 cm³/mol. The molecule has 0 bridgehead atoms. The highest BCUT2D eigenvalue weighted by Gasteiger charge is 2.38. The second-order valence-electron chi connectivity index (χ2n) is 6.59. The van der Waals surface area contributed by atoms with Crippen molar-refractivity contribution in [3.05, 3.63) is 64.6 Å². The van der Waals surface area contributed by atoms with Crippen LogP contribution in [0.15, 0.2) is 42.1 Å². The van der Waals surface area contributed by atoms with Gasteiger partial charge in [0.25, 0.3) is 0 Å². The number of fused-ring (bicyclic) bond motifs is 4. The van der Waals surface area contributed by atoms with Gasteiger partial charge in [-0.05, 0) is 47.7 Å². The van der Waals surface area contributed by atoms with Gasteiger partial charge in [0.05, 0.1) is 4.95 Å². The molecule has 3 unspecified atom stereocenters. The molecule has 1 N–H and O–H groups in total. The number of halogens is 2. The van der Waals surface area contributed by atoms with E-state index in [0.717, 1.165) is 23.1 Å². The van der Waals surface area contributed by atoms with Gasteiger partial charge in [-0.25, -0.2) is 4.39 Å². The third-order valence-corrected chi connectivity index (χ3v) is 6.11. The number of nitrogens with one attached hydrogen (secondary N) is 1. The standard InChI is InChI=1S/C19H19BrFN/c1-10-3-4-12-13-5-6-15-14(7-8-22-19(15)20)17(13)11(2)9-16(12)18(10)21/h3-8,11,14-15,19,22H,9H2,1-2H3/t11-,14?,15?,19?/m1/s1. The molecule has 22 heavy (non-hydrogen) atoms. The van der Waals surface area contributed by atoms with E-state index in [4.69, 9.17) is 0 Å². The zero-order valence-corrected chi connectivity index (χ0v) is 14.3. The quantitative estimate of drug-likeness (QED) is 0.522. The fourth-order valence-electron chi connectivity index (χ4n) is 4.13. The third kappa shape index (κ3) is 1.95. The minimum absolute atomic E-state index is 0.0226. The van der Waals surface area contributed by atoms with Crippen molar-refractivity contribution >= 4 is 21.5 Å². The van der Waals surface area contributed by atoms with E-state index in [9.17, 15) is 4.39 Å². The maximum Gasteiger partial charge on any atom is 0.129 e. The van der Waals surface area contributed by atoms with Gasteiger partial charge in [0.1, 0.15) is 5.82 Å². The van der Waals surface area contributed by atoms with Gasteiger partial charge in [0.2, 0.25) is 0 Å². The molecule has 1 aromatic carbocycles. The summed E-state index contributed by atoms with van der Waals surface area (Å²) in [7, 11) is 0. The molecule has 1 aromatic rings. The second kappa shape index (κ2) is 5.09. The van der Waals surface area contributed by atoms with Crippen molar-refractivity contribution in [2.75, 3.05) is 0 Å². The monoisotopic (exact) mass is 359 g/mol. The molecule has 4 rings (SSSR count). The Bertz CT molecular complexity index is 731. The van der Waals surface area contributed by atoms with Crippen LogP contribution < -0.4 is 5.32 Å². The molecular weight excluding hydrogens is 341 g/mol. The molecule has 0 aromatic heterocycles. The maximum atomic E-state index is 14.5. The summed E-state index contributed by atoms with van der Waals surface area (Å²) in [5, 5.41) is 3.33. The summed E-state index contributed by atoms with van der Waals surface area (Å²) >= 11 is 3.72. The SMILES string of the molecule is Cc1ccc2c(c1F)C[C@@H](C)C1=C2C=CC2C(Br)NC=CC12. The molecule has 3 aliphatic rings. The van der Waals surface area contributed by atoms with Gasteiger partial charge in [-0.2, -0.15) is 0 Å². The van der Waals surface area contributed by atoms with E-state index in [1.54, 1.807) is 0 Å². The second-order valence-corrected chi connectivity index (χ2v) is 7.57. The first kappa shape index (κ1) is 14.3. The van der Waals surface area contributed by atoms with Gasteiger partial charge in [-0.15, -0.1) is 0 Å². The first-order valence-electron chi connectivity index (χ1n) is 7.85. The van der Waals surface area contributed by atoms with E-state index in [-0.39, 0.29) is 10.8 Å². The molecule has 2 aliphatic carbocycles. The Balaban J connectivity index is 1.91. The average molecular weight is 360 g/mol. The lowest BCUT2D eigenvalue weighted by Crippen LogP contribution is -2.38. The first-order valence-corrected chi connectivity index (χ1v) is 8.77. The van der Waals surface area contributed by atoms with Crippen LogP contribution in [0, 0.1) is 30.5 Å². The van der Waals surface area contributed by atoms with Crippen LogP contribution in [0.1, 0.15) is 23.6 Å². The van der Waals surface area contributed by atoms with Crippen molar-refractivity contribution in [3.63, 3.8) is 0 Å². The Morgan fingerprint density at radius 3 is 2.91 bits per heavy atom. The number of aryl methyl sites for hydroxylation is 1. The minimum Gasteiger partial charge on any atom is -0.378 e. The van der Waals surface area contributed by atoms with Crippen LogP contribution >= 0.6 is 15.9 Å². The summed E-state index contributed by atoms with van der Waals surface area (Å²) in [5.74, 6) is 1.17. The van der Waals surface area contributed by atoms with E-state index >= 15 is 0 Å². The van der Waals surface area contributed by atoms with Crippen LogP contribution in [-0.2, 0) is 6.42 Å². The minimum atomic E-state index is -0.0226. The number of allylic oxidation sites excluding steroid dienone is 4. The zero-order valence-electron chi connectivity index (χ0n) is 12.7. The van der Waals surface area contributed by atoms with E-state index in [1.165, 1.54) is 11.1 Å². The lowest BCUT2D eigenvalue weighted by atomic mass is 9.67. The highest BCUT2D eigenvalue weighted by molar-refractivity contribution is 9.09. The topological polar surface area (TPSA) is 12.0 Å². The zero-order chi connectivity index (χ0) is 15.4. The van der Waals surface area contributed by atoms with Crippen LogP contribution in [0.3, 0.4) is 0 Å². The summed E-state index contributed by atoms with van der Waals surface area (Å²) < 4.78 is 14.5. The highest BCUT2D eigenvalue weighted by Crippen LogP contribution is 2.47. The molecular formula is C19H19BrFN. The van der Waals surface area contributed by atoms with Gasteiger partial charge in [0.15, 0.2) is 0 Å². The molecule has 3 heteroatoms. The fraction of sp³-hybridized carbons (Fsp3) is 0.368. The summed E-state index contributed by atoms with van der Waals surface area (Å²) in [6.45, 7) is 4.08. The largest absolute Gasteiger partial charge is 0.378 e. The van der Waals surface area contributed by atoms with Gasteiger partial charge in [-0.1, -0.05) is 58.8 Å². The predicted octanol–water partition coefficient (Wildman–Crippen LogP) is 4.72. The molecule has 1 heterocycles. The number of hydrogen-bond donors (Lipinski definition) is 1. The number of hydrogen-bond acceptors (Lipinski definition) is 1. The smallest absolute Gasteiger partial charge is 0.129 e. The molecule has 0 radical (unpaired) electrons. The van der Waals surface area contributed by atoms with Crippen LogP contribution in [0.25, 0.3) is 5.57 Å². The molecule has 114 valence electrons. The summed E-state index contributed by atoms with van der Waals surface area (Å²) in [6.07, 6.45) is 9.57. The van der Waals surface area contributed by atoms with Crippen LogP contribution in [0.4, 0.5) is 4.39 Å².